The number of phenols is 1. The lowest BCUT2D eigenvalue weighted by Gasteiger charge is -2.13. The highest BCUT2D eigenvalue weighted by atomic mass is 16.4. The average Bonchev–Trinajstić information content (AvgIpc) is 2.96. The third-order valence-electron chi connectivity index (χ3n) is 4.15. The number of aromatic nitrogens is 1. The maximum Gasteiger partial charge on any atom is 0.172 e. The molecular formula is C19H19N3O2. The highest BCUT2D eigenvalue weighted by molar-refractivity contribution is 6.13. The molecular weight excluding hydrogens is 302 g/mol. The maximum absolute atomic E-state index is 9.58. The predicted octanol–water partition coefficient (Wildman–Crippen LogP) is 3.85. The van der Waals surface area contributed by atoms with Gasteiger partial charge in [-0.1, -0.05) is 29.4 Å². The molecule has 1 heterocycles. The van der Waals surface area contributed by atoms with E-state index in [-0.39, 0.29) is 11.6 Å². The fourth-order valence-electron chi connectivity index (χ4n) is 2.93. The molecule has 0 aliphatic carbocycles. The molecule has 0 bridgehead atoms. The van der Waals surface area contributed by atoms with Crippen LogP contribution in [0, 0.1) is 0 Å². The van der Waals surface area contributed by atoms with Gasteiger partial charge in [0.05, 0.1) is 16.8 Å². The van der Waals surface area contributed by atoms with Gasteiger partial charge in [0.2, 0.25) is 0 Å². The average molecular weight is 321 g/mol. The normalized spacial score (nSPS) is 12.8. The predicted molar refractivity (Wildman–Crippen MR) is 96.8 cm³/mol. The number of rotatable bonds is 3. The third-order valence-corrected chi connectivity index (χ3v) is 4.15. The molecule has 122 valence electrons. The molecule has 24 heavy (non-hydrogen) atoms. The molecule has 4 N–H and O–H groups in total. The molecule has 3 aromatic rings. The van der Waals surface area contributed by atoms with Crippen LogP contribution in [0.4, 0.5) is 0 Å². The van der Waals surface area contributed by atoms with Crippen LogP contribution in [-0.2, 0) is 0 Å². The number of oxime groups is 1. The zero-order valence-corrected chi connectivity index (χ0v) is 13.6. The van der Waals surface area contributed by atoms with Crippen molar-refractivity contribution in [1.82, 2.24) is 4.57 Å². The molecule has 5 heteroatoms. The zero-order valence-electron chi connectivity index (χ0n) is 13.6. The van der Waals surface area contributed by atoms with E-state index in [2.05, 4.69) is 9.72 Å². The summed E-state index contributed by atoms with van der Waals surface area (Å²) in [5, 5.41) is 22.9. The van der Waals surface area contributed by atoms with Crippen molar-refractivity contribution in [3.8, 4) is 11.4 Å². The summed E-state index contributed by atoms with van der Waals surface area (Å²) in [6.45, 7) is 3.93. The smallest absolute Gasteiger partial charge is 0.172 e. The van der Waals surface area contributed by atoms with Gasteiger partial charge in [0.15, 0.2) is 5.84 Å². The van der Waals surface area contributed by atoms with Crippen molar-refractivity contribution in [2.75, 3.05) is 0 Å². The molecule has 0 spiro atoms. The van der Waals surface area contributed by atoms with Crippen LogP contribution in [0.1, 0.15) is 25.1 Å². The molecule has 0 atom stereocenters. The Morgan fingerprint density at radius 3 is 2.42 bits per heavy atom. The van der Waals surface area contributed by atoms with E-state index < -0.39 is 0 Å². The number of fused-ring (bicyclic) bond motifs is 1. The topological polar surface area (TPSA) is 83.8 Å². The summed E-state index contributed by atoms with van der Waals surface area (Å²) in [5.41, 5.74) is 10.4. The lowest BCUT2D eigenvalue weighted by molar-refractivity contribution is 0.318. The molecule has 0 aliphatic rings. The Hall–Kier alpha value is -3.21. The molecule has 0 unspecified atom stereocenters. The van der Waals surface area contributed by atoms with Crippen molar-refractivity contribution >= 4 is 22.3 Å². The molecule has 0 aliphatic heterocycles. The van der Waals surface area contributed by atoms with E-state index in [1.165, 1.54) is 0 Å². The first-order valence-corrected chi connectivity index (χ1v) is 7.62. The highest BCUT2D eigenvalue weighted by Crippen LogP contribution is 2.34. The number of amidine groups is 1. The number of hydrogen-bond acceptors (Lipinski definition) is 3. The van der Waals surface area contributed by atoms with Crippen LogP contribution in [0.5, 0.6) is 5.75 Å². The van der Waals surface area contributed by atoms with E-state index in [0.29, 0.717) is 5.56 Å². The van der Waals surface area contributed by atoms with Crippen molar-refractivity contribution < 1.29 is 10.3 Å². The van der Waals surface area contributed by atoms with Crippen molar-refractivity contribution in [2.45, 2.75) is 13.8 Å². The van der Waals surface area contributed by atoms with Crippen LogP contribution in [0.25, 0.3) is 22.2 Å². The van der Waals surface area contributed by atoms with E-state index in [1.54, 1.807) is 12.1 Å². The number of hydrogen-bond donors (Lipinski definition) is 3. The summed E-state index contributed by atoms with van der Waals surface area (Å²) < 4.78 is 2.05. The molecule has 0 radical (unpaired) electrons. The van der Waals surface area contributed by atoms with Crippen LogP contribution < -0.4 is 5.73 Å². The second-order valence-corrected chi connectivity index (χ2v) is 5.55. The van der Waals surface area contributed by atoms with Gasteiger partial charge >= 0.3 is 0 Å². The molecule has 0 saturated heterocycles. The lowest BCUT2D eigenvalue weighted by Crippen LogP contribution is -2.15. The summed E-state index contributed by atoms with van der Waals surface area (Å²) in [4.78, 5) is 0. The van der Waals surface area contributed by atoms with E-state index in [4.69, 9.17) is 5.73 Å². The fraction of sp³-hybridized carbons (Fsp3) is 0.105. The van der Waals surface area contributed by atoms with Crippen molar-refractivity contribution in [1.29, 1.82) is 0 Å². The molecule has 0 fully saturated rings. The van der Waals surface area contributed by atoms with Gasteiger partial charge in [-0.2, -0.15) is 0 Å². The van der Waals surface area contributed by atoms with Crippen molar-refractivity contribution in [2.24, 2.45) is 10.9 Å². The van der Waals surface area contributed by atoms with Gasteiger partial charge in [0, 0.05) is 11.1 Å². The standard InChI is InChI=1S/C19H19N3O2/c1-3-12(2)18-17(19(20)21-24)15-6-4-5-7-16(15)22(18)13-8-10-14(23)11-9-13/h3-11,23-24H,1-2H3,(H2,20,21)/b12-3+. The first-order valence-electron chi connectivity index (χ1n) is 7.62. The minimum absolute atomic E-state index is 0.0694. The number of aromatic hydroxyl groups is 1. The Labute approximate surface area is 140 Å². The number of nitrogens with two attached hydrogens (primary N) is 1. The van der Waals surface area contributed by atoms with Gasteiger partial charge < -0.3 is 20.6 Å². The minimum atomic E-state index is 0.0694. The van der Waals surface area contributed by atoms with E-state index in [1.807, 2.05) is 56.3 Å². The molecule has 3 rings (SSSR count). The quantitative estimate of drug-likeness (QED) is 0.296. The van der Waals surface area contributed by atoms with Crippen LogP contribution >= 0.6 is 0 Å². The lowest BCUT2D eigenvalue weighted by atomic mass is 10.1. The van der Waals surface area contributed by atoms with Gasteiger partial charge in [-0.3, -0.25) is 0 Å². The Balaban J connectivity index is 2.49. The molecule has 2 aromatic carbocycles. The first kappa shape index (κ1) is 15.7. The summed E-state index contributed by atoms with van der Waals surface area (Å²) in [6.07, 6.45) is 1.99. The second kappa shape index (κ2) is 6.12. The number of nitrogens with zero attached hydrogens (tertiary/aromatic N) is 2. The zero-order chi connectivity index (χ0) is 17.3. The Bertz CT molecular complexity index is 951. The van der Waals surface area contributed by atoms with Gasteiger partial charge in [-0.15, -0.1) is 0 Å². The summed E-state index contributed by atoms with van der Waals surface area (Å²) in [7, 11) is 0. The number of allylic oxidation sites excluding steroid dienone is 2. The highest BCUT2D eigenvalue weighted by Gasteiger charge is 2.21. The third kappa shape index (κ3) is 2.40. The second-order valence-electron chi connectivity index (χ2n) is 5.55. The molecule has 0 amide bonds. The number of para-hydroxylation sites is 1. The first-order chi connectivity index (χ1) is 11.6. The minimum Gasteiger partial charge on any atom is -0.508 e. The van der Waals surface area contributed by atoms with E-state index in [0.717, 1.165) is 27.9 Å². The number of phenolic OH excluding ortho intramolecular Hbond substituents is 1. The van der Waals surface area contributed by atoms with Gasteiger partial charge in [-0.05, 0) is 49.8 Å². The SMILES string of the molecule is C/C=C(\C)c1c(C(N)=NO)c2ccccc2n1-c1ccc(O)cc1. The van der Waals surface area contributed by atoms with Crippen LogP contribution in [0.15, 0.2) is 59.8 Å². The molecule has 5 nitrogen and oxygen atoms in total. The summed E-state index contributed by atoms with van der Waals surface area (Å²) in [5.74, 6) is 0.274. The largest absolute Gasteiger partial charge is 0.508 e. The van der Waals surface area contributed by atoms with Crippen LogP contribution in [-0.4, -0.2) is 20.7 Å². The fourth-order valence-corrected chi connectivity index (χ4v) is 2.93. The van der Waals surface area contributed by atoms with Gasteiger partial charge in [0.25, 0.3) is 0 Å². The molecule has 1 aromatic heterocycles. The van der Waals surface area contributed by atoms with Gasteiger partial charge in [-0.25, -0.2) is 0 Å². The molecule has 0 saturated carbocycles. The maximum atomic E-state index is 9.58. The van der Waals surface area contributed by atoms with E-state index in [9.17, 15) is 10.3 Å². The Kier molecular flexibility index (Phi) is 4.00. The Morgan fingerprint density at radius 2 is 1.79 bits per heavy atom. The Morgan fingerprint density at radius 1 is 1.12 bits per heavy atom. The van der Waals surface area contributed by atoms with Crippen LogP contribution in [0.2, 0.25) is 0 Å². The van der Waals surface area contributed by atoms with Crippen molar-refractivity contribution in [3.05, 3.63) is 65.9 Å². The monoisotopic (exact) mass is 321 g/mol. The summed E-state index contributed by atoms with van der Waals surface area (Å²) >= 11 is 0. The summed E-state index contributed by atoms with van der Waals surface area (Å²) in [6, 6.07) is 14.8. The van der Waals surface area contributed by atoms with E-state index >= 15 is 0 Å². The van der Waals surface area contributed by atoms with Gasteiger partial charge in [0.1, 0.15) is 5.75 Å². The van der Waals surface area contributed by atoms with Crippen molar-refractivity contribution in [3.63, 3.8) is 0 Å². The number of benzene rings is 2. The van der Waals surface area contributed by atoms with Crippen LogP contribution in [0.3, 0.4) is 0 Å².